The van der Waals surface area contributed by atoms with Crippen LogP contribution in [0, 0.1) is 11.3 Å². The van der Waals surface area contributed by atoms with E-state index in [0.29, 0.717) is 5.82 Å². The van der Waals surface area contributed by atoms with Crippen molar-refractivity contribution in [2.75, 3.05) is 23.4 Å². The van der Waals surface area contributed by atoms with Gasteiger partial charge in [0.25, 0.3) is 0 Å². The van der Waals surface area contributed by atoms with Gasteiger partial charge < -0.3 is 16.4 Å². The van der Waals surface area contributed by atoms with Crippen molar-refractivity contribution in [3.8, 4) is 11.8 Å². The monoisotopic (exact) mass is 385 g/mol. The van der Waals surface area contributed by atoms with Crippen LogP contribution in [0.15, 0.2) is 48.8 Å². The van der Waals surface area contributed by atoms with Crippen molar-refractivity contribution in [3.05, 3.63) is 60.2 Å². The highest BCUT2D eigenvalue weighted by Crippen LogP contribution is 2.28. The molecule has 0 spiro atoms. The van der Waals surface area contributed by atoms with Crippen molar-refractivity contribution in [2.45, 2.75) is 13.0 Å². The molecule has 0 aliphatic rings. The average Bonchev–Trinajstić information content (AvgIpc) is 3.13. The highest BCUT2D eigenvalue weighted by atomic mass is 15.2. The lowest BCUT2D eigenvalue weighted by molar-refractivity contribution is 0.765. The first kappa shape index (κ1) is 18.2. The second-order valence-electron chi connectivity index (χ2n) is 6.39. The molecule has 3 heterocycles. The molecule has 4 N–H and O–H groups in total. The molecule has 0 fully saturated rings. The Morgan fingerprint density at radius 3 is 2.62 bits per heavy atom. The molecule has 0 aliphatic carbocycles. The van der Waals surface area contributed by atoms with Gasteiger partial charge in [-0.3, -0.25) is 4.57 Å². The fourth-order valence-electron chi connectivity index (χ4n) is 3.12. The number of hydrogen-bond donors (Lipinski definition) is 3. The second kappa shape index (κ2) is 7.44. The minimum Gasteiger partial charge on any atom is -0.382 e. The predicted molar refractivity (Wildman–Crippen MR) is 112 cm³/mol. The molecule has 0 aliphatic heterocycles. The maximum Gasteiger partial charge on any atom is 0.167 e. The van der Waals surface area contributed by atoms with Gasteiger partial charge in [-0.15, -0.1) is 0 Å². The Hall–Kier alpha value is -4.19. The maximum absolute atomic E-state index is 9.40. The minimum atomic E-state index is -0.288. The maximum atomic E-state index is 9.40. The Morgan fingerprint density at radius 2 is 1.90 bits per heavy atom. The molecule has 0 saturated carbocycles. The first-order valence-corrected chi connectivity index (χ1v) is 9.02. The number of rotatable bonds is 5. The van der Waals surface area contributed by atoms with Crippen LogP contribution in [0.2, 0.25) is 0 Å². The van der Waals surface area contributed by atoms with Crippen LogP contribution in [0.4, 0.5) is 17.5 Å². The number of nitrogens with zero attached hydrogens (tertiary/aromatic N) is 6. The molecule has 9 nitrogen and oxygen atoms in total. The number of nitrogens with two attached hydrogens (primary N) is 1. The van der Waals surface area contributed by atoms with E-state index >= 15 is 0 Å². The lowest BCUT2D eigenvalue weighted by Gasteiger charge is -2.17. The molecule has 0 bridgehead atoms. The van der Waals surface area contributed by atoms with Crippen LogP contribution in [0.5, 0.6) is 0 Å². The van der Waals surface area contributed by atoms with E-state index in [1.165, 1.54) is 6.33 Å². The van der Waals surface area contributed by atoms with Gasteiger partial charge in [0.15, 0.2) is 5.65 Å². The van der Waals surface area contributed by atoms with E-state index in [-0.39, 0.29) is 17.4 Å². The molecule has 0 saturated heterocycles. The van der Waals surface area contributed by atoms with Gasteiger partial charge in [-0.2, -0.15) is 5.26 Å². The first-order valence-electron chi connectivity index (χ1n) is 9.02. The molecule has 9 heteroatoms. The zero-order valence-corrected chi connectivity index (χ0v) is 16.0. The summed E-state index contributed by atoms with van der Waals surface area (Å²) in [5.74, 6) is 1.97. The summed E-state index contributed by atoms with van der Waals surface area (Å²) in [6, 6.07) is 15.4. The van der Waals surface area contributed by atoms with E-state index in [2.05, 4.69) is 20.6 Å². The molecule has 4 aromatic rings. The van der Waals surface area contributed by atoms with Crippen LogP contribution in [0.3, 0.4) is 0 Å². The fraction of sp³-hybridized carbons (Fsp3) is 0.150. The molecule has 1 aromatic carbocycles. The number of pyridine rings is 1. The number of para-hydroxylation sites is 1. The fourth-order valence-corrected chi connectivity index (χ4v) is 3.12. The first-order chi connectivity index (χ1) is 14.1. The van der Waals surface area contributed by atoms with Crippen molar-refractivity contribution >= 4 is 28.6 Å². The van der Waals surface area contributed by atoms with Gasteiger partial charge in [-0.25, -0.2) is 19.9 Å². The number of nitriles is 1. The van der Waals surface area contributed by atoms with E-state index in [1.54, 1.807) is 0 Å². The third-order valence-electron chi connectivity index (χ3n) is 4.53. The van der Waals surface area contributed by atoms with Crippen LogP contribution in [-0.2, 0) is 0 Å². The topological polar surface area (TPSA) is 130 Å². The number of nitrogen functional groups attached to an aromatic ring is 1. The van der Waals surface area contributed by atoms with Gasteiger partial charge in [-0.1, -0.05) is 18.2 Å². The van der Waals surface area contributed by atoms with E-state index < -0.39 is 0 Å². The smallest absolute Gasteiger partial charge is 0.167 e. The second-order valence-corrected chi connectivity index (χ2v) is 6.39. The van der Waals surface area contributed by atoms with Gasteiger partial charge in [-0.05, 0) is 31.2 Å². The van der Waals surface area contributed by atoms with Crippen molar-refractivity contribution < 1.29 is 0 Å². The van der Waals surface area contributed by atoms with Crippen LogP contribution < -0.4 is 16.4 Å². The van der Waals surface area contributed by atoms with Crippen molar-refractivity contribution in [3.63, 3.8) is 0 Å². The van der Waals surface area contributed by atoms with E-state index in [0.717, 1.165) is 28.5 Å². The Kier molecular flexibility index (Phi) is 4.66. The summed E-state index contributed by atoms with van der Waals surface area (Å²) < 4.78 is 1.99. The third kappa shape index (κ3) is 3.27. The zero-order valence-electron chi connectivity index (χ0n) is 16.0. The van der Waals surface area contributed by atoms with Gasteiger partial charge in [0.1, 0.15) is 46.8 Å². The van der Waals surface area contributed by atoms with E-state index in [4.69, 9.17) is 15.7 Å². The average molecular weight is 385 g/mol. The van der Waals surface area contributed by atoms with E-state index in [9.17, 15) is 5.26 Å². The van der Waals surface area contributed by atoms with Gasteiger partial charge in [0.2, 0.25) is 0 Å². The molecular formula is C20H19N9. The molecule has 0 radical (unpaired) electrons. The predicted octanol–water partition coefficient (Wildman–Crippen LogP) is 2.88. The quantitative estimate of drug-likeness (QED) is 0.478. The molecular weight excluding hydrogens is 366 g/mol. The number of hydrogen-bond acceptors (Lipinski definition) is 8. The van der Waals surface area contributed by atoms with Gasteiger partial charge in [0.05, 0.1) is 6.04 Å². The highest BCUT2D eigenvalue weighted by Gasteiger charge is 2.21. The zero-order chi connectivity index (χ0) is 20.4. The number of imidazole rings is 1. The Bertz CT molecular complexity index is 1210. The van der Waals surface area contributed by atoms with Gasteiger partial charge >= 0.3 is 0 Å². The largest absolute Gasteiger partial charge is 0.382 e. The number of nitrogens with one attached hydrogen (secondary N) is 2. The standard InChI is InChI=1S/C20H19N9/c1-12(26-18-14(10-21)17(22)24-11-25-18)19-27-15-8-9-16(23-2)28-20(15)29(19)13-6-4-3-5-7-13/h3-9,11-12H,1-2H3,(H,23,28)(H3,22,24,25,26)/t12-/m0/s1. The molecule has 144 valence electrons. The lowest BCUT2D eigenvalue weighted by atomic mass is 10.2. The minimum absolute atomic E-state index is 0.133. The summed E-state index contributed by atoms with van der Waals surface area (Å²) in [7, 11) is 1.82. The van der Waals surface area contributed by atoms with Crippen molar-refractivity contribution in [2.24, 2.45) is 0 Å². The van der Waals surface area contributed by atoms with E-state index in [1.807, 2.05) is 67.1 Å². The SMILES string of the molecule is CNc1ccc2nc([C@H](C)Nc3ncnc(N)c3C#N)n(-c3ccccc3)c2n1. The highest BCUT2D eigenvalue weighted by molar-refractivity contribution is 5.76. The van der Waals surface area contributed by atoms with Crippen LogP contribution in [0.1, 0.15) is 24.4 Å². The third-order valence-corrected chi connectivity index (χ3v) is 4.53. The molecule has 29 heavy (non-hydrogen) atoms. The number of aromatic nitrogens is 5. The summed E-state index contributed by atoms with van der Waals surface area (Å²) in [6.07, 6.45) is 1.33. The summed E-state index contributed by atoms with van der Waals surface area (Å²) >= 11 is 0. The summed E-state index contributed by atoms with van der Waals surface area (Å²) in [6.45, 7) is 1.94. The molecule has 3 aromatic heterocycles. The Labute approximate surface area is 167 Å². The summed E-state index contributed by atoms with van der Waals surface area (Å²) in [5.41, 5.74) is 8.44. The molecule has 1 atom stereocenters. The van der Waals surface area contributed by atoms with Gasteiger partial charge in [0, 0.05) is 12.7 Å². The van der Waals surface area contributed by atoms with Crippen molar-refractivity contribution in [1.82, 2.24) is 24.5 Å². The molecule has 4 rings (SSSR count). The van der Waals surface area contributed by atoms with Crippen molar-refractivity contribution in [1.29, 1.82) is 5.26 Å². The lowest BCUT2D eigenvalue weighted by Crippen LogP contribution is -2.15. The Balaban J connectivity index is 1.85. The number of benzene rings is 1. The summed E-state index contributed by atoms with van der Waals surface area (Å²) in [5, 5.41) is 15.7. The van der Waals surface area contributed by atoms with Crippen LogP contribution >= 0.6 is 0 Å². The number of fused-ring (bicyclic) bond motifs is 1. The van der Waals surface area contributed by atoms with Crippen LogP contribution in [-0.4, -0.2) is 31.6 Å². The normalized spacial score (nSPS) is 11.8. The van der Waals surface area contributed by atoms with Crippen LogP contribution in [0.25, 0.3) is 16.9 Å². The number of anilines is 3. The summed E-state index contributed by atoms with van der Waals surface area (Å²) in [4.78, 5) is 17.5. The Morgan fingerprint density at radius 1 is 1.10 bits per heavy atom. The molecule has 0 amide bonds. The molecule has 0 unspecified atom stereocenters.